The summed E-state index contributed by atoms with van der Waals surface area (Å²) in [5.74, 6) is 0. The van der Waals surface area contributed by atoms with Crippen molar-refractivity contribution in [3.63, 3.8) is 0 Å². The Hall–Kier alpha value is 0.490. The topological polar surface area (TPSA) is 12.0 Å². The van der Waals surface area contributed by atoms with E-state index >= 15 is 0 Å². The van der Waals surface area contributed by atoms with Gasteiger partial charge in [-0.3, -0.25) is 0 Å². The lowest BCUT2D eigenvalue weighted by Crippen LogP contribution is -2.33. The van der Waals surface area contributed by atoms with Gasteiger partial charge in [0, 0.05) is 26.7 Å². The number of rotatable bonds is 5. The average molecular weight is 308 g/mol. The minimum atomic E-state index is 0.304. The van der Waals surface area contributed by atoms with Gasteiger partial charge in [-0.2, -0.15) is 11.8 Å². The smallest absolute Gasteiger partial charge is 0.0397 e. The molecule has 0 aliphatic heterocycles. The van der Waals surface area contributed by atoms with E-state index in [0.717, 1.165) is 6.54 Å². The van der Waals surface area contributed by atoms with Crippen molar-refractivity contribution in [1.82, 2.24) is 5.32 Å². The molecule has 0 saturated carbocycles. The van der Waals surface area contributed by atoms with Crippen LogP contribution in [-0.4, -0.2) is 17.5 Å². The van der Waals surface area contributed by atoms with Gasteiger partial charge in [-0.05, 0) is 54.4 Å². The van der Waals surface area contributed by atoms with E-state index in [1.54, 1.807) is 11.3 Å². The van der Waals surface area contributed by atoms with E-state index in [-0.39, 0.29) is 0 Å². The number of halogens is 1. The fraction of sp³-hybridized carbons (Fsp3) is 0.636. The molecule has 1 aromatic heterocycles. The van der Waals surface area contributed by atoms with Gasteiger partial charge in [-0.25, -0.2) is 0 Å². The molecule has 1 nitrogen and oxygen atoms in total. The van der Waals surface area contributed by atoms with Gasteiger partial charge in [0.1, 0.15) is 0 Å². The molecule has 1 N–H and O–H groups in total. The minimum absolute atomic E-state index is 0.304. The van der Waals surface area contributed by atoms with Gasteiger partial charge in [0.15, 0.2) is 0 Å². The van der Waals surface area contributed by atoms with Crippen LogP contribution >= 0.6 is 39.0 Å². The van der Waals surface area contributed by atoms with Gasteiger partial charge in [0.05, 0.1) is 0 Å². The van der Waals surface area contributed by atoms with Gasteiger partial charge in [-0.15, -0.1) is 11.3 Å². The molecule has 0 aromatic carbocycles. The molecular formula is C11H18BrNS2. The van der Waals surface area contributed by atoms with Crippen LogP contribution in [0.5, 0.6) is 0 Å². The van der Waals surface area contributed by atoms with Crippen LogP contribution in [0.3, 0.4) is 0 Å². The van der Waals surface area contributed by atoms with E-state index in [9.17, 15) is 0 Å². The second-order valence-electron chi connectivity index (χ2n) is 4.20. The molecule has 4 heteroatoms. The van der Waals surface area contributed by atoms with Gasteiger partial charge in [0.25, 0.3) is 0 Å². The number of thiophene rings is 1. The Balaban J connectivity index is 2.50. The van der Waals surface area contributed by atoms with Crippen LogP contribution in [0.15, 0.2) is 15.9 Å². The first-order chi connectivity index (χ1) is 6.96. The summed E-state index contributed by atoms with van der Waals surface area (Å²) in [5, 5.41) is 5.70. The van der Waals surface area contributed by atoms with Crippen molar-refractivity contribution in [3.8, 4) is 0 Å². The third-order valence-electron chi connectivity index (χ3n) is 2.42. The molecule has 1 heterocycles. The van der Waals surface area contributed by atoms with E-state index in [1.807, 2.05) is 11.8 Å². The summed E-state index contributed by atoms with van der Waals surface area (Å²) in [6, 6.07) is 2.53. The highest BCUT2D eigenvalue weighted by Gasteiger charge is 2.18. The largest absolute Gasteiger partial charge is 0.308 e. The lowest BCUT2D eigenvalue weighted by molar-refractivity contribution is 0.527. The lowest BCUT2D eigenvalue weighted by atomic mass is 10.2. The summed E-state index contributed by atoms with van der Waals surface area (Å²) in [7, 11) is 0. The van der Waals surface area contributed by atoms with E-state index in [4.69, 9.17) is 0 Å². The molecule has 0 spiro atoms. The first kappa shape index (κ1) is 13.6. The second-order valence-corrected chi connectivity index (χ2v) is 7.51. The first-order valence-corrected chi connectivity index (χ1v) is 7.87. The highest BCUT2D eigenvalue weighted by molar-refractivity contribution is 9.10. The summed E-state index contributed by atoms with van der Waals surface area (Å²) in [4.78, 5) is 1.38. The highest BCUT2D eigenvalue weighted by atomic mass is 79.9. The normalized spacial score (nSPS) is 14.2. The predicted molar refractivity (Wildman–Crippen MR) is 76.0 cm³/mol. The number of hydrogen-bond donors (Lipinski definition) is 1. The fourth-order valence-electron chi connectivity index (χ4n) is 1.18. The molecule has 0 radical (unpaired) electrons. The summed E-state index contributed by atoms with van der Waals surface area (Å²) in [6.45, 7) is 7.77. The zero-order valence-corrected chi connectivity index (χ0v) is 12.9. The highest BCUT2D eigenvalue weighted by Crippen LogP contribution is 2.29. The predicted octanol–water partition coefficient (Wildman–Crippen LogP) is 4.30. The van der Waals surface area contributed by atoms with Crippen LogP contribution in [0.1, 0.15) is 31.7 Å². The van der Waals surface area contributed by atoms with Crippen LogP contribution in [0.2, 0.25) is 0 Å². The Kier molecular flexibility index (Phi) is 5.16. The number of hydrogen-bond acceptors (Lipinski definition) is 3. The molecule has 1 rings (SSSR count). The van der Waals surface area contributed by atoms with Crippen molar-refractivity contribution in [3.05, 3.63) is 20.8 Å². The van der Waals surface area contributed by atoms with Crippen LogP contribution in [0.4, 0.5) is 0 Å². The molecule has 15 heavy (non-hydrogen) atoms. The van der Waals surface area contributed by atoms with E-state index < -0.39 is 0 Å². The summed E-state index contributed by atoms with van der Waals surface area (Å²) in [5.41, 5.74) is 0. The van der Waals surface area contributed by atoms with Gasteiger partial charge < -0.3 is 5.32 Å². The zero-order valence-electron chi connectivity index (χ0n) is 9.63. The van der Waals surface area contributed by atoms with Crippen molar-refractivity contribution < 1.29 is 0 Å². The lowest BCUT2D eigenvalue weighted by Gasteiger charge is -2.25. The van der Waals surface area contributed by atoms with E-state index in [0.29, 0.717) is 10.8 Å². The molecule has 0 aliphatic carbocycles. The van der Waals surface area contributed by atoms with Crippen molar-refractivity contribution in [2.45, 2.75) is 31.6 Å². The van der Waals surface area contributed by atoms with Gasteiger partial charge in [-0.1, -0.05) is 0 Å². The quantitative estimate of drug-likeness (QED) is 0.870. The Labute approximate surface area is 109 Å². The minimum Gasteiger partial charge on any atom is -0.308 e. The third-order valence-corrected chi connectivity index (χ3v) is 5.73. The van der Waals surface area contributed by atoms with Crippen molar-refractivity contribution in [2.75, 3.05) is 12.8 Å². The molecule has 0 bridgehead atoms. The second kappa shape index (κ2) is 5.71. The van der Waals surface area contributed by atoms with Crippen LogP contribution in [0.25, 0.3) is 0 Å². The maximum Gasteiger partial charge on any atom is 0.0397 e. The van der Waals surface area contributed by atoms with Crippen LogP contribution in [-0.2, 0) is 0 Å². The van der Waals surface area contributed by atoms with Crippen LogP contribution < -0.4 is 5.32 Å². The summed E-state index contributed by atoms with van der Waals surface area (Å²) in [6.07, 6.45) is 2.16. The Morgan fingerprint density at radius 2 is 2.27 bits per heavy atom. The molecular weight excluding hydrogens is 290 g/mol. The molecule has 1 aromatic rings. The maximum absolute atomic E-state index is 3.58. The van der Waals surface area contributed by atoms with Crippen LogP contribution in [0, 0.1) is 0 Å². The van der Waals surface area contributed by atoms with Crippen molar-refractivity contribution in [1.29, 1.82) is 0 Å². The third kappa shape index (κ3) is 4.10. The van der Waals surface area contributed by atoms with E-state index in [1.165, 1.54) is 9.35 Å². The molecule has 0 aliphatic rings. The van der Waals surface area contributed by atoms with Gasteiger partial charge in [0.2, 0.25) is 0 Å². The summed E-state index contributed by atoms with van der Waals surface area (Å²) < 4.78 is 1.52. The van der Waals surface area contributed by atoms with E-state index in [2.05, 4.69) is 59.7 Å². The number of thioether (sulfide) groups is 1. The Bertz CT molecular complexity index is 309. The molecule has 1 unspecified atom stereocenters. The average Bonchev–Trinajstić information content (AvgIpc) is 2.61. The fourth-order valence-corrected chi connectivity index (χ4v) is 3.16. The number of nitrogens with one attached hydrogen (secondary N) is 1. The molecule has 86 valence electrons. The monoisotopic (exact) mass is 307 g/mol. The standard InChI is InChI=1S/C11H18BrNS2/c1-8(10-9(12)5-6-15-10)13-7-11(2,3)14-4/h5-6,8,13H,7H2,1-4H3. The molecule has 0 saturated heterocycles. The van der Waals surface area contributed by atoms with Crippen molar-refractivity contribution in [2.24, 2.45) is 0 Å². The van der Waals surface area contributed by atoms with Gasteiger partial charge >= 0.3 is 0 Å². The Morgan fingerprint density at radius 1 is 1.60 bits per heavy atom. The maximum atomic E-state index is 3.58. The molecule has 1 atom stereocenters. The SMILES string of the molecule is CSC(C)(C)CNC(C)c1sccc1Br. The molecule has 0 amide bonds. The zero-order chi connectivity index (χ0) is 11.5. The first-order valence-electron chi connectivity index (χ1n) is 4.97. The summed E-state index contributed by atoms with van der Waals surface area (Å²) >= 11 is 7.27. The van der Waals surface area contributed by atoms with Crippen molar-refractivity contribution >= 4 is 39.0 Å². The Morgan fingerprint density at radius 3 is 2.73 bits per heavy atom. The molecule has 0 fully saturated rings.